The lowest BCUT2D eigenvalue weighted by Crippen LogP contribution is -2.04. The van der Waals surface area contributed by atoms with Crippen LogP contribution in [-0.2, 0) is 0 Å². The first-order chi connectivity index (χ1) is 3.93. The third kappa shape index (κ3) is 0.582. The van der Waals surface area contributed by atoms with Gasteiger partial charge in [0.1, 0.15) is 0 Å². The van der Waals surface area contributed by atoms with Crippen LogP contribution in [0.15, 0.2) is 0 Å². The van der Waals surface area contributed by atoms with E-state index in [9.17, 15) is 0 Å². The standard InChI is InChI=1S/C5H6S3/c1-2-4(6-2)8-5-3(1)7-5/h2-5H,1H2. The maximum atomic E-state index is 2.22. The van der Waals surface area contributed by atoms with Gasteiger partial charge in [-0.3, -0.25) is 0 Å². The number of fused-ring (bicyclic) bond motifs is 2. The van der Waals surface area contributed by atoms with Gasteiger partial charge in [0.2, 0.25) is 0 Å². The fraction of sp³-hybridized carbons (Fsp3) is 1.00. The highest BCUT2D eigenvalue weighted by molar-refractivity contribution is 8.32. The first-order valence-corrected chi connectivity index (χ1v) is 5.73. The van der Waals surface area contributed by atoms with Crippen LogP contribution in [0.1, 0.15) is 6.42 Å². The Hall–Kier alpha value is 1.05. The van der Waals surface area contributed by atoms with E-state index in [2.05, 4.69) is 35.3 Å². The van der Waals surface area contributed by atoms with Crippen LogP contribution >= 0.6 is 35.3 Å². The molecule has 0 bridgehead atoms. The van der Waals surface area contributed by atoms with Crippen molar-refractivity contribution in [3.8, 4) is 0 Å². The second kappa shape index (κ2) is 1.38. The third-order valence-corrected chi connectivity index (χ3v) is 6.87. The van der Waals surface area contributed by atoms with Gasteiger partial charge in [-0.25, -0.2) is 0 Å². The van der Waals surface area contributed by atoms with Gasteiger partial charge in [0.25, 0.3) is 0 Å². The SMILES string of the molecule is C1C2SC2SC2SC12. The highest BCUT2D eigenvalue weighted by atomic mass is 32.2. The summed E-state index contributed by atoms with van der Waals surface area (Å²) in [7, 11) is 0. The summed E-state index contributed by atoms with van der Waals surface area (Å²) in [4.78, 5) is 0. The van der Waals surface area contributed by atoms with Crippen LogP contribution in [-0.4, -0.2) is 19.7 Å². The van der Waals surface area contributed by atoms with Gasteiger partial charge >= 0.3 is 0 Å². The molecule has 4 unspecified atom stereocenters. The molecule has 0 aliphatic carbocycles. The Morgan fingerprint density at radius 1 is 0.875 bits per heavy atom. The molecule has 4 atom stereocenters. The Bertz CT molecular complexity index is 108. The molecule has 8 heavy (non-hydrogen) atoms. The minimum absolute atomic E-state index is 1.03. The van der Waals surface area contributed by atoms with Gasteiger partial charge in [-0.05, 0) is 6.42 Å². The van der Waals surface area contributed by atoms with Crippen LogP contribution in [0.3, 0.4) is 0 Å². The number of rotatable bonds is 0. The molecule has 3 heterocycles. The molecule has 0 aromatic rings. The van der Waals surface area contributed by atoms with E-state index in [1.807, 2.05) is 0 Å². The van der Waals surface area contributed by atoms with Crippen LogP contribution in [0.2, 0.25) is 0 Å². The minimum Gasteiger partial charge on any atom is -0.141 e. The molecule has 0 radical (unpaired) electrons. The highest BCUT2D eigenvalue weighted by Gasteiger charge is 2.55. The van der Waals surface area contributed by atoms with E-state index in [-0.39, 0.29) is 0 Å². The number of hydrogen-bond acceptors (Lipinski definition) is 3. The molecule has 0 saturated carbocycles. The summed E-state index contributed by atoms with van der Waals surface area (Å²) in [6, 6.07) is 0. The molecule has 0 aromatic heterocycles. The summed E-state index contributed by atoms with van der Waals surface area (Å²) in [6.45, 7) is 0. The summed E-state index contributed by atoms with van der Waals surface area (Å²) >= 11 is 6.58. The smallest absolute Gasteiger partial charge is 0.0636 e. The molecule has 3 fully saturated rings. The van der Waals surface area contributed by atoms with E-state index in [4.69, 9.17) is 0 Å². The van der Waals surface area contributed by atoms with Crippen molar-refractivity contribution in [2.45, 2.75) is 26.1 Å². The zero-order valence-electron chi connectivity index (χ0n) is 4.24. The van der Waals surface area contributed by atoms with Crippen LogP contribution in [0, 0.1) is 0 Å². The molecule has 3 aliphatic rings. The number of thioether (sulfide) groups is 3. The van der Waals surface area contributed by atoms with Crippen molar-refractivity contribution < 1.29 is 0 Å². The van der Waals surface area contributed by atoms with Gasteiger partial charge in [0, 0.05) is 10.5 Å². The van der Waals surface area contributed by atoms with E-state index in [0.29, 0.717) is 0 Å². The topological polar surface area (TPSA) is 0 Å². The summed E-state index contributed by atoms with van der Waals surface area (Å²) in [5.74, 6) is 0. The Morgan fingerprint density at radius 2 is 1.50 bits per heavy atom. The Kier molecular flexibility index (Phi) is 0.826. The lowest BCUT2D eigenvalue weighted by atomic mass is 10.3. The maximum Gasteiger partial charge on any atom is 0.0636 e. The van der Waals surface area contributed by atoms with Gasteiger partial charge < -0.3 is 0 Å². The highest BCUT2D eigenvalue weighted by Crippen LogP contribution is 2.68. The zero-order valence-corrected chi connectivity index (χ0v) is 6.69. The van der Waals surface area contributed by atoms with Crippen molar-refractivity contribution in [3.63, 3.8) is 0 Å². The quantitative estimate of drug-likeness (QED) is 0.500. The van der Waals surface area contributed by atoms with Gasteiger partial charge in [-0.1, -0.05) is 0 Å². The van der Waals surface area contributed by atoms with Crippen LogP contribution < -0.4 is 0 Å². The molecule has 3 rings (SSSR count). The summed E-state index contributed by atoms with van der Waals surface area (Å²) in [5, 5.41) is 2.16. The van der Waals surface area contributed by atoms with Gasteiger partial charge in [0.15, 0.2) is 0 Å². The van der Waals surface area contributed by atoms with E-state index in [1.54, 1.807) is 0 Å². The minimum atomic E-state index is 1.03. The molecular formula is C5H6S3. The molecule has 0 amide bonds. The molecule has 0 N–H and O–H groups in total. The summed E-state index contributed by atoms with van der Waals surface area (Å²) in [5.41, 5.74) is 0. The molecular weight excluding hydrogens is 156 g/mol. The predicted molar refractivity (Wildman–Crippen MR) is 42.5 cm³/mol. The van der Waals surface area contributed by atoms with Crippen LogP contribution in [0.4, 0.5) is 0 Å². The van der Waals surface area contributed by atoms with Crippen molar-refractivity contribution in [2.24, 2.45) is 0 Å². The first kappa shape index (κ1) is 4.80. The third-order valence-electron chi connectivity index (χ3n) is 1.80. The zero-order chi connectivity index (χ0) is 5.14. The largest absolute Gasteiger partial charge is 0.141 e. The normalized spacial score (nSPS) is 66.0. The molecule has 3 saturated heterocycles. The second-order valence-electron chi connectivity index (χ2n) is 2.46. The van der Waals surface area contributed by atoms with Crippen molar-refractivity contribution in [3.05, 3.63) is 0 Å². The Balaban J connectivity index is 1.85. The van der Waals surface area contributed by atoms with Gasteiger partial charge in [-0.2, -0.15) is 0 Å². The molecule has 0 nitrogen and oxygen atoms in total. The van der Waals surface area contributed by atoms with Crippen molar-refractivity contribution in [1.29, 1.82) is 0 Å². The molecule has 0 aromatic carbocycles. The lowest BCUT2D eigenvalue weighted by Gasteiger charge is -2.00. The van der Waals surface area contributed by atoms with Crippen molar-refractivity contribution in [2.75, 3.05) is 0 Å². The van der Waals surface area contributed by atoms with E-state index >= 15 is 0 Å². The van der Waals surface area contributed by atoms with Gasteiger partial charge in [0.05, 0.1) is 9.16 Å². The van der Waals surface area contributed by atoms with E-state index in [0.717, 1.165) is 19.7 Å². The molecule has 0 spiro atoms. The lowest BCUT2D eigenvalue weighted by molar-refractivity contribution is 0.859. The Labute approximate surface area is 61.6 Å². The summed E-state index contributed by atoms with van der Waals surface area (Å²) in [6.07, 6.45) is 1.53. The number of hydrogen-bond donors (Lipinski definition) is 0. The molecule has 44 valence electrons. The first-order valence-electron chi connectivity index (χ1n) is 2.90. The molecule has 3 heteroatoms. The average molecular weight is 162 g/mol. The van der Waals surface area contributed by atoms with E-state index in [1.165, 1.54) is 6.42 Å². The molecule has 3 aliphatic heterocycles. The van der Waals surface area contributed by atoms with Crippen LogP contribution in [0.25, 0.3) is 0 Å². The van der Waals surface area contributed by atoms with Crippen molar-refractivity contribution >= 4 is 35.3 Å². The average Bonchev–Trinajstić information content (AvgIpc) is 2.45. The fourth-order valence-electron chi connectivity index (χ4n) is 1.19. The second-order valence-corrected chi connectivity index (χ2v) is 7.11. The van der Waals surface area contributed by atoms with Gasteiger partial charge in [-0.15, -0.1) is 35.3 Å². The van der Waals surface area contributed by atoms with E-state index < -0.39 is 0 Å². The van der Waals surface area contributed by atoms with Crippen molar-refractivity contribution in [1.82, 2.24) is 0 Å². The maximum absolute atomic E-state index is 2.22. The Morgan fingerprint density at radius 3 is 2.00 bits per heavy atom. The fourth-order valence-corrected chi connectivity index (χ4v) is 6.20. The monoisotopic (exact) mass is 162 g/mol. The summed E-state index contributed by atoms with van der Waals surface area (Å²) < 4.78 is 2.07. The predicted octanol–water partition coefficient (Wildman–Crippen LogP) is 2.01. The van der Waals surface area contributed by atoms with Crippen LogP contribution in [0.5, 0.6) is 0 Å².